The van der Waals surface area contributed by atoms with Gasteiger partial charge in [-0.05, 0) is 12.8 Å². The average molecular weight is 677 g/mol. The molecule has 0 spiro atoms. The zero-order chi connectivity index (χ0) is 35.9. The molecule has 9 nitrogen and oxygen atoms in total. The van der Waals surface area contributed by atoms with Gasteiger partial charge in [0.25, 0.3) is 0 Å². The van der Waals surface area contributed by atoms with E-state index in [1.807, 2.05) is 6.92 Å². The molecule has 0 aromatic heterocycles. The van der Waals surface area contributed by atoms with Crippen LogP contribution in [0.4, 0.5) is 0 Å². The number of unbranched alkanes of at least 4 members (excludes halogenated alkanes) is 24. The van der Waals surface area contributed by atoms with Gasteiger partial charge in [-0.15, -0.1) is 0 Å². The van der Waals surface area contributed by atoms with E-state index in [0.29, 0.717) is 12.8 Å². The summed E-state index contributed by atoms with van der Waals surface area (Å²) >= 11 is 0. The molecule has 0 aliphatic rings. The Morgan fingerprint density at radius 3 is 0.723 bits per heavy atom. The highest BCUT2D eigenvalue weighted by atomic mass is 16.4. The molecule has 0 aromatic rings. The molecule has 282 valence electrons. The van der Waals surface area contributed by atoms with Crippen LogP contribution in [0.25, 0.3) is 0 Å². The van der Waals surface area contributed by atoms with Gasteiger partial charge in [-0.25, -0.2) is 0 Å². The monoisotopic (exact) mass is 677 g/mol. The number of hydrogen-bond acceptors (Lipinski definition) is 6. The standard InChI is InChI=1S/C28H56O2.C6H14O3.C4H6O4/c1-2-3-4-5-6-7-8-9-10-11-12-13-14-15-16-17-18-19-20-21-22-23-24-25-26-27-28(29)30;1-2-6(3-7,4-8)5-9;5-3(6)1-2-4(7)8/h2-27H2,1H3,(H,29,30);7-9H,2-5H2,1H3;1-2H2,(H,5,6)(H,7,8). The van der Waals surface area contributed by atoms with Gasteiger partial charge in [-0.3, -0.25) is 14.4 Å². The summed E-state index contributed by atoms with van der Waals surface area (Å²) < 4.78 is 0. The van der Waals surface area contributed by atoms with E-state index in [-0.39, 0.29) is 32.7 Å². The van der Waals surface area contributed by atoms with Gasteiger partial charge < -0.3 is 30.6 Å². The number of hydrogen-bond donors (Lipinski definition) is 6. The Balaban J connectivity index is -0.000000922. The molecule has 47 heavy (non-hydrogen) atoms. The molecule has 0 bridgehead atoms. The summed E-state index contributed by atoms with van der Waals surface area (Å²) in [6.45, 7) is 3.65. The molecule has 0 amide bonds. The fourth-order valence-electron chi connectivity index (χ4n) is 5.11. The highest BCUT2D eigenvalue weighted by molar-refractivity contribution is 5.75. The van der Waals surface area contributed by atoms with Crippen molar-refractivity contribution in [2.24, 2.45) is 5.41 Å². The van der Waals surface area contributed by atoms with Gasteiger partial charge in [0.1, 0.15) is 0 Å². The van der Waals surface area contributed by atoms with Crippen LogP contribution in [0.5, 0.6) is 0 Å². The Kier molecular flexibility index (Phi) is 42.8. The smallest absolute Gasteiger partial charge is 0.303 e. The molecule has 0 saturated carbocycles. The third kappa shape index (κ3) is 44.3. The van der Waals surface area contributed by atoms with Crippen LogP contribution in [-0.2, 0) is 14.4 Å². The normalized spacial score (nSPS) is 10.9. The Hall–Kier alpha value is -1.71. The summed E-state index contributed by atoms with van der Waals surface area (Å²) in [6.07, 6.45) is 35.0. The fraction of sp³-hybridized carbons (Fsp3) is 0.921. The third-order valence-corrected chi connectivity index (χ3v) is 8.80. The van der Waals surface area contributed by atoms with Crippen molar-refractivity contribution in [3.8, 4) is 0 Å². The van der Waals surface area contributed by atoms with Crippen molar-refractivity contribution in [1.82, 2.24) is 0 Å². The van der Waals surface area contributed by atoms with Crippen molar-refractivity contribution in [2.45, 2.75) is 200 Å². The number of carboxylic acid groups (broad SMARTS) is 3. The summed E-state index contributed by atoms with van der Waals surface area (Å²) in [5.74, 6) is -2.80. The van der Waals surface area contributed by atoms with Gasteiger partial charge in [0.05, 0.1) is 32.7 Å². The second kappa shape index (κ2) is 40.5. The average Bonchev–Trinajstić information content (AvgIpc) is 3.05. The van der Waals surface area contributed by atoms with Gasteiger partial charge in [-0.1, -0.05) is 168 Å². The van der Waals surface area contributed by atoms with Gasteiger partial charge in [0, 0.05) is 11.8 Å². The maximum absolute atomic E-state index is 10.4. The molecule has 0 aliphatic heterocycles. The molecule has 0 radical (unpaired) electrons. The summed E-state index contributed by atoms with van der Waals surface area (Å²) in [7, 11) is 0. The van der Waals surface area contributed by atoms with Crippen molar-refractivity contribution < 1.29 is 45.0 Å². The highest BCUT2D eigenvalue weighted by Crippen LogP contribution is 2.18. The number of carbonyl (C=O) groups is 3. The largest absolute Gasteiger partial charge is 0.481 e. The van der Waals surface area contributed by atoms with Crippen molar-refractivity contribution >= 4 is 17.9 Å². The van der Waals surface area contributed by atoms with Crippen molar-refractivity contribution in [2.75, 3.05) is 19.8 Å². The lowest BCUT2D eigenvalue weighted by Gasteiger charge is -2.24. The van der Waals surface area contributed by atoms with E-state index < -0.39 is 23.3 Å². The minimum Gasteiger partial charge on any atom is -0.481 e. The minimum absolute atomic E-state index is 0.156. The number of aliphatic hydroxyl groups is 3. The van der Waals surface area contributed by atoms with Crippen molar-refractivity contribution in [3.63, 3.8) is 0 Å². The van der Waals surface area contributed by atoms with Crippen LogP contribution in [0, 0.1) is 5.41 Å². The second-order valence-corrected chi connectivity index (χ2v) is 13.2. The first-order chi connectivity index (χ1) is 22.6. The Labute approximate surface area is 288 Å². The van der Waals surface area contributed by atoms with Gasteiger partial charge in [-0.2, -0.15) is 0 Å². The lowest BCUT2D eigenvalue weighted by molar-refractivity contribution is -0.143. The van der Waals surface area contributed by atoms with E-state index in [1.54, 1.807) is 0 Å². The van der Waals surface area contributed by atoms with Crippen molar-refractivity contribution in [3.05, 3.63) is 0 Å². The summed E-state index contributed by atoms with van der Waals surface area (Å²) in [5, 5.41) is 50.4. The molecule has 0 heterocycles. The first kappa shape index (κ1) is 49.7. The zero-order valence-corrected chi connectivity index (χ0v) is 30.5. The predicted molar refractivity (Wildman–Crippen MR) is 192 cm³/mol. The maximum Gasteiger partial charge on any atom is 0.303 e. The van der Waals surface area contributed by atoms with E-state index in [9.17, 15) is 14.4 Å². The summed E-state index contributed by atoms with van der Waals surface area (Å²) in [6, 6.07) is 0. The van der Waals surface area contributed by atoms with Crippen LogP contribution in [-0.4, -0.2) is 68.4 Å². The molecule has 6 N–H and O–H groups in total. The minimum atomic E-state index is -1.08. The molecule has 0 fully saturated rings. The lowest BCUT2D eigenvalue weighted by atomic mass is 9.88. The number of carboxylic acids is 3. The van der Waals surface area contributed by atoms with Crippen LogP contribution in [0.2, 0.25) is 0 Å². The van der Waals surface area contributed by atoms with E-state index in [4.69, 9.17) is 30.6 Å². The first-order valence-electron chi connectivity index (χ1n) is 19.1. The molecule has 0 aliphatic carbocycles. The zero-order valence-electron chi connectivity index (χ0n) is 30.5. The molecule has 0 saturated heterocycles. The quantitative estimate of drug-likeness (QED) is 0.0370. The molecule has 0 unspecified atom stereocenters. The van der Waals surface area contributed by atoms with E-state index in [1.165, 1.54) is 148 Å². The number of aliphatic hydroxyl groups excluding tert-OH is 3. The van der Waals surface area contributed by atoms with Gasteiger partial charge in [0.2, 0.25) is 0 Å². The van der Waals surface area contributed by atoms with Crippen LogP contribution >= 0.6 is 0 Å². The predicted octanol–water partition coefficient (Wildman–Crippen LogP) is 9.53. The van der Waals surface area contributed by atoms with Gasteiger partial charge >= 0.3 is 17.9 Å². The Morgan fingerprint density at radius 1 is 0.362 bits per heavy atom. The van der Waals surface area contributed by atoms with Crippen LogP contribution < -0.4 is 0 Å². The number of rotatable bonds is 33. The highest BCUT2D eigenvalue weighted by Gasteiger charge is 2.24. The van der Waals surface area contributed by atoms with Gasteiger partial charge in [0.15, 0.2) is 0 Å². The lowest BCUT2D eigenvalue weighted by Crippen LogP contribution is -2.32. The first-order valence-corrected chi connectivity index (χ1v) is 19.1. The second-order valence-electron chi connectivity index (χ2n) is 13.2. The van der Waals surface area contributed by atoms with E-state index in [0.717, 1.165) is 12.8 Å². The van der Waals surface area contributed by atoms with Crippen LogP contribution in [0.3, 0.4) is 0 Å². The maximum atomic E-state index is 10.4. The Bertz CT molecular complexity index is 634. The fourth-order valence-corrected chi connectivity index (χ4v) is 5.11. The summed E-state index contributed by atoms with van der Waals surface area (Å²) in [5.41, 5.74) is -0.667. The molecule has 0 aromatic carbocycles. The molecule has 9 heteroatoms. The molecular formula is C38H76O9. The molecule has 0 atom stereocenters. The van der Waals surface area contributed by atoms with Crippen LogP contribution in [0.15, 0.2) is 0 Å². The third-order valence-electron chi connectivity index (χ3n) is 8.80. The molecule has 0 rings (SSSR count). The van der Waals surface area contributed by atoms with E-state index >= 15 is 0 Å². The number of aliphatic carboxylic acids is 3. The Morgan fingerprint density at radius 2 is 0.574 bits per heavy atom. The van der Waals surface area contributed by atoms with E-state index in [2.05, 4.69) is 6.92 Å². The summed E-state index contributed by atoms with van der Waals surface area (Å²) in [4.78, 5) is 29.7. The molecular weight excluding hydrogens is 600 g/mol. The SMILES string of the molecule is CCC(CO)(CO)CO.CCCCCCCCCCCCCCCCCCCCCCCCCCCC(=O)O.O=C(O)CCC(=O)O. The van der Waals surface area contributed by atoms with Crippen LogP contribution in [0.1, 0.15) is 200 Å². The van der Waals surface area contributed by atoms with Crippen molar-refractivity contribution in [1.29, 1.82) is 0 Å². The topological polar surface area (TPSA) is 173 Å².